The van der Waals surface area contributed by atoms with Crippen LogP contribution in [0, 0.1) is 0 Å². The zero-order valence-corrected chi connectivity index (χ0v) is 14.1. The van der Waals surface area contributed by atoms with Gasteiger partial charge < -0.3 is 19.5 Å². The highest BCUT2D eigenvalue weighted by molar-refractivity contribution is 4.48. The first kappa shape index (κ1) is 21.1. The van der Waals surface area contributed by atoms with Gasteiger partial charge in [-0.25, -0.2) is 0 Å². The Hall–Kier alpha value is -0.160. The van der Waals surface area contributed by atoms with Gasteiger partial charge in [-0.2, -0.15) is 0 Å². The minimum Gasteiger partial charge on any atom is -0.412 e. The molecule has 0 heterocycles. The summed E-state index contributed by atoms with van der Waals surface area (Å²) in [6.45, 7) is 1.28. The minimum absolute atomic E-state index is 0. The van der Waals surface area contributed by atoms with Crippen LogP contribution in [-0.2, 0) is 0 Å². The Morgan fingerprint density at radius 2 is 1.16 bits per heavy atom. The maximum atomic E-state index is 9.89. The van der Waals surface area contributed by atoms with Gasteiger partial charge in [0.2, 0.25) is 0 Å². The molecule has 0 aromatic rings. The molecule has 1 atom stereocenters. The topological polar surface area (TPSA) is 51.7 Å². The third-order valence-electron chi connectivity index (χ3n) is 3.44. The van der Waals surface area contributed by atoms with Gasteiger partial charge in [0, 0.05) is 6.42 Å². The summed E-state index contributed by atoms with van der Waals surface area (Å²) in [5.74, 6) is 0. The van der Waals surface area contributed by atoms with Crippen LogP contribution in [0.5, 0.6) is 0 Å². The lowest BCUT2D eigenvalue weighted by Gasteiger charge is -2.29. The molecule has 0 radical (unpaired) electrons. The zero-order valence-electron chi connectivity index (χ0n) is 14.1. The number of aliphatic hydroxyl groups is 1. The second-order valence-corrected chi connectivity index (χ2v) is 7.52. The quantitative estimate of drug-likeness (QED) is 0.368. The van der Waals surface area contributed by atoms with E-state index < -0.39 is 0 Å². The molecule has 4 nitrogen and oxygen atoms in total. The summed E-state index contributed by atoms with van der Waals surface area (Å²) < 4.78 is 1.74. The number of hydrogen-bond acceptors (Lipinski definition) is 1. The van der Waals surface area contributed by atoms with Crippen molar-refractivity contribution in [2.45, 2.75) is 51.2 Å². The minimum atomic E-state index is -0.205. The lowest BCUT2D eigenvalue weighted by Crippen LogP contribution is -2.44. The predicted molar refractivity (Wildman–Crippen MR) is 82.9 cm³/mol. The van der Waals surface area contributed by atoms with Crippen LogP contribution in [0.1, 0.15) is 44.9 Å². The van der Waals surface area contributed by atoms with Gasteiger partial charge in [0.05, 0.1) is 48.8 Å². The molecule has 0 aliphatic heterocycles. The molecule has 4 heteroatoms. The zero-order chi connectivity index (χ0) is 14.2. The highest BCUT2D eigenvalue weighted by Gasteiger charge is 2.19. The van der Waals surface area contributed by atoms with Crippen molar-refractivity contribution in [2.75, 3.05) is 48.8 Å². The van der Waals surface area contributed by atoms with Gasteiger partial charge in [-0.3, -0.25) is 0 Å². The van der Waals surface area contributed by atoms with E-state index in [0.717, 1.165) is 17.3 Å². The van der Waals surface area contributed by atoms with E-state index in [2.05, 4.69) is 42.3 Å². The first-order valence-electron chi connectivity index (χ1n) is 7.42. The molecular formula is C15H38N2O2+2. The molecule has 0 aliphatic rings. The van der Waals surface area contributed by atoms with Crippen molar-refractivity contribution in [3.63, 3.8) is 0 Å². The van der Waals surface area contributed by atoms with Crippen LogP contribution >= 0.6 is 0 Å². The summed E-state index contributed by atoms with van der Waals surface area (Å²) in [4.78, 5) is 0. The molecule has 0 saturated heterocycles. The largest absolute Gasteiger partial charge is 0.412 e. The summed E-state index contributed by atoms with van der Waals surface area (Å²) in [6.07, 6.45) is 8.51. The van der Waals surface area contributed by atoms with Crippen molar-refractivity contribution in [3.05, 3.63) is 0 Å². The fraction of sp³-hybridized carbons (Fsp3) is 1.00. The fourth-order valence-corrected chi connectivity index (χ4v) is 2.01. The van der Waals surface area contributed by atoms with Crippen molar-refractivity contribution in [1.29, 1.82) is 0 Å². The summed E-state index contributed by atoms with van der Waals surface area (Å²) >= 11 is 0. The third kappa shape index (κ3) is 14.1. The smallest absolute Gasteiger partial charge is 0.189 e. The van der Waals surface area contributed by atoms with Crippen molar-refractivity contribution in [3.8, 4) is 0 Å². The summed E-state index contributed by atoms with van der Waals surface area (Å²) in [5.41, 5.74) is 0. The van der Waals surface area contributed by atoms with Crippen LogP contribution in [-0.4, -0.2) is 74.6 Å². The molecule has 3 N–H and O–H groups in total. The monoisotopic (exact) mass is 278 g/mol. The van der Waals surface area contributed by atoms with Crippen molar-refractivity contribution in [1.82, 2.24) is 0 Å². The lowest BCUT2D eigenvalue weighted by atomic mass is 10.1. The van der Waals surface area contributed by atoms with Gasteiger partial charge in [-0.15, -0.1) is 0 Å². The number of hydrogen-bond donors (Lipinski definition) is 1. The molecule has 0 aromatic heterocycles. The molecule has 0 bridgehead atoms. The first-order chi connectivity index (χ1) is 8.13. The Bertz CT molecular complexity index is 207. The van der Waals surface area contributed by atoms with Crippen LogP contribution in [0.4, 0.5) is 0 Å². The standard InChI is InChI=1S/C15H36N2O.H2O/c1-16(2,3)14-12-10-8-7-9-11-13-15(18)17(4,5)6;/h15,18H,7-14H2,1-6H3;1H2/q+2;. The van der Waals surface area contributed by atoms with Crippen molar-refractivity contribution < 1.29 is 19.5 Å². The van der Waals surface area contributed by atoms with Crippen LogP contribution < -0.4 is 0 Å². The Kier molecular flexibility index (Phi) is 10.8. The van der Waals surface area contributed by atoms with Crippen LogP contribution in [0.25, 0.3) is 0 Å². The van der Waals surface area contributed by atoms with Gasteiger partial charge in [-0.05, 0) is 19.3 Å². The fourth-order valence-electron chi connectivity index (χ4n) is 2.01. The molecule has 0 rings (SSSR count). The average Bonchev–Trinajstić information content (AvgIpc) is 2.18. The normalized spacial score (nSPS) is 14.1. The Morgan fingerprint density at radius 1 is 0.737 bits per heavy atom. The van der Waals surface area contributed by atoms with E-state index in [1.54, 1.807) is 0 Å². The summed E-state index contributed by atoms with van der Waals surface area (Å²) in [7, 11) is 12.9. The molecule has 0 saturated carbocycles. The number of rotatable bonds is 10. The highest BCUT2D eigenvalue weighted by atomic mass is 16.3. The molecule has 0 fully saturated rings. The Balaban J connectivity index is 0. The SMILES string of the molecule is C[N+](C)(C)CCCCCCCCC(O)[N+](C)(C)C.O. The Morgan fingerprint density at radius 3 is 1.58 bits per heavy atom. The van der Waals surface area contributed by atoms with E-state index >= 15 is 0 Å². The van der Waals surface area contributed by atoms with Crippen molar-refractivity contribution in [2.24, 2.45) is 0 Å². The average molecular weight is 278 g/mol. The highest BCUT2D eigenvalue weighted by Crippen LogP contribution is 2.12. The number of aliphatic hydroxyl groups excluding tert-OH is 1. The van der Waals surface area contributed by atoms with Gasteiger partial charge in [-0.1, -0.05) is 19.3 Å². The van der Waals surface area contributed by atoms with Crippen LogP contribution in [0.2, 0.25) is 0 Å². The molecular weight excluding hydrogens is 240 g/mol. The number of quaternary nitrogens is 2. The van der Waals surface area contributed by atoms with E-state index in [0.29, 0.717) is 4.48 Å². The summed E-state index contributed by atoms with van der Waals surface area (Å²) in [6, 6.07) is 0. The molecule has 1 unspecified atom stereocenters. The molecule has 0 amide bonds. The van der Waals surface area contributed by atoms with Gasteiger partial charge in [0.1, 0.15) is 0 Å². The molecule has 0 aromatic carbocycles. The van der Waals surface area contributed by atoms with Gasteiger partial charge in [0.15, 0.2) is 6.23 Å². The van der Waals surface area contributed by atoms with E-state index in [1.807, 2.05) is 0 Å². The van der Waals surface area contributed by atoms with E-state index in [9.17, 15) is 5.11 Å². The predicted octanol–water partition coefficient (Wildman–Crippen LogP) is 1.62. The molecule has 19 heavy (non-hydrogen) atoms. The maximum absolute atomic E-state index is 9.89. The van der Waals surface area contributed by atoms with Gasteiger partial charge in [0.25, 0.3) is 0 Å². The van der Waals surface area contributed by atoms with E-state index in [-0.39, 0.29) is 11.7 Å². The Labute approximate surface area is 120 Å². The van der Waals surface area contributed by atoms with Crippen molar-refractivity contribution >= 4 is 0 Å². The van der Waals surface area contributed by atoms with E-state index in [4.69, 9.17) is 0 Å². The first-order valence-corrected chi connectivity index (χ1v) is 7.42. The van der Waals surface area contributed by atoms with Crippen LogP contribution in [0.3, 0.4) is 0 Å². The van der Waals surface area contributed by atoms with E-state index in [1.165, 1.54) is 38.6 Å². The molecule has 0 spiro atoms. The number of nitrogens with zero attached hydrogens (tertiary/aromatic N) is 2. The second kappa shape index (κ2) is 9.70. The van der Waals surface area contributed by atoms with Crippen LogP contribution in [0.15, 0.2) is 0 Å². The number of unbranched alkanes of at least 4 members (excludes halogenated alkanes) is 5. The second-order valence-electron chi connectivity index (χ2n) is 7.52. The molecule has 0 aliphatic carbocycles. The van der Waals surface area contributed by atoms with Gasteiger partial charge >= 0.3 is 0 Å². The maximum Gasteiger partial charge on any atom is 0.189 e. The molecule has 118 valence electrons. The lowest BCUT2D eigenvalue weighted by molar-refractivity contribution is -0.919. The third-order valence-corrected chi connectivity index (χ3v) is 3.44. The summed E-state index contributed by atoms with van der Waals surface area (Å²) in [5, 5.41) is 9.89.